The van der Waals surface area contributed by atoms with Crippen molar-refractivity contribution in [2.75, 3.05) is 25.0 Å². The molecule has 1 aliphatic rings. The van der Waals surface area contributed by atoms with Crippen LogP contribution in [-0.2, 0) is 10.0 Å². The van der Waals surface area contributed by atoms with Gasteiger partial charge in [-0.1, -0.05) is 12.1 Å². The van der Waals surface area contributed by atoms with Crippen LogP contribution in [0, 0.1) is 0 Å². The Balaban J connectivity index is 1.40. The smallest absolute Gasteiger partial charge is 0.261 e. The van der Waals surface area contributed by atoms with Crippen LogP contribution in [0.1, 0.15) is 28.9 Å². The van der Waals surface area contributed by atoms with Gasteiger partial charge in [-0.2, -0.15) is 0 Å². The quantitative estimate of drug-likeness (QED) is 0.329. The summed E-state index contributed by atoms with van der Waals surface area (Å²) in [5, 5.41) is 2.88. The van der Waals surface area contributed by atoms with Crippen LogP contribution >= 0.6 is 0 Å². The molecule has 4 aromatic rings. The number of hydrogen-bond acceptors (Lipinski definition) is 7. The topological polar surface area (TPSA) is 136 Å². The number of nitrogens with one attached hydrogen (secondary N) is 3. The predicted molar refractivity (Wildman–Crippen MR) is 142 cm³/mol. The lowest BCUT2D eigenvalue weighted by molar-refractivity contribution is 0.0938. The van der Waals surface area contributed by atoms with E-state index in [4.69, 9.17) is 14.2 Å². The van der Waals surface area contributed by atoms with Crippen LogP contribution in [0.3, 0.4) is 0 Å². The number of carbonyl (C=O) groups is 1. The number of benzene rings is 3. The van der Waals surface area contributed by atoms with Gasteiger partial charge in [0.05, 0.1) is 23.7 Å². The van der Waals surface area contributed by atoms with Gasteiger partial charge in [0.25, 0.3) is 15.9 Å². The van der Waals surface area contributed by atoms with Gasteiger partial charge in [-0.3, -0.25) is 14.3 Å². The average molecular weight is 536 g/mol. The van der Waals surface area contributed by atoms with Crippen molar-refractivity contribution in [3.8, 4) is 17.2 Å². The van der Waals surface area contributed by atoms with Crippen molar-refractivity contribution in [3.63, 3.8) is 0 Å². The third-order valence-electron chi connectivity index (χ3n) is 6.14. The molecule has 1 aromatic heterocycles. The van der Waals surface area contributed by atoms with E-state index in [2.05, 4.69) is 15.0 Å². The third-order valence-corrected chi connectivity index (χ3v) is 7.52. The van der Waals surface area contributed by atoms with Gasteiger partial charge in [-0.25, -0.2) is 8.42 Å². The average Bonchev–Trinajstić information content (AvgIpc) is 2.92. The molecule has 2 heterocycles. The van der Waals surface area contributed by atoms with Gasteiger partial charge in [-0.05, 0) is 55.0 Å². The van der Waals surface area contributed by atoms with Gasteiger partial charge in [0.15, 0.2) is 11.5 Å². The van der Waals surface area contributed by atoms with Crippen molar-refractivity contribution >= 4 is 32.5 Å². The number of ether oxygens (including phenoxy) is 3. The number of anilines is 1. The molecule has 0 spiro atoms. The number of fused-ring (bicyclic) bond motifs is 2. The zero-order chi connectivity index (χ0) is 26.9. The Morgan fingerprint density at radius 3 is 2.61 bits per heavy atom. The van der Waals surface area contributed by atoms with Crippen molar-refractivity contribution in [2.45, 2.75) is 17.9 Å². The summed E-state index contributed by atoms with van der Waals surface area (Å²) in [6.07, 6.45) is 1.32. The van der Waals surface area contributed by atoms with Crippen LogP contribution < -0.4 is 29.7 Å². The second-order valence-corrected chi connectivity index (χ2v) is 10.4. The maximum Gasteiger partial charge on any atom is 0.261 e. The van der Waals surface area contributed by atoms with Gasteiger partial charge in [-0.15, -0.1) is 0 Å². The van der Waals surface area contributed by atoms with E-state index in [-0.39, 0.29) is 15.8 Å². The lowest BCUT2D eigenvalue weighted by Crippen LogP contribution is -2.31. The van der Waals surface area contributed by atoms with Gasteiger partial charge >= 0.3 is 0 Å². The van der Waals surface area contributed by atoms with E-state index in [9.17, 15) is 18.0 Å². The summed E-state index contributed by atoms with van der Waals surface area (Å²) in [6.45, 7) is 2.70. The van der Waals surface area contributed by atoms with Gasteiger partial charge in [0, 0.05) is 23.2 Å². The molecule has 1 aliphatic heterocycles. The predicted octanol–water partition coefficient (Wildman–Crippen LogP) is 3.60. The molecule has 1 atom stereocenters. The second kappa shape index (κ2) is 10.1. The molecule has 0 aliphatic carbocycles. The lowest BCUT2D eigenvalue weighted by atomic mass is 10.1. The van der Waals surface area contributed by atoms with E-state index in [0.29, 0.717) is 41.7 Å². The van der Waals surface area contributed by atoms with E-state index >= 15 is 0 Å². The van der Waals surface area contributed by atoms with Crippen LogP contribution in [0.25, 0.3) is 10.9 Å². The molecule has 0 saturated heterocycles. The van der Waals surface area contributed by atoms with Crippen LogP contribution in [0.2, 0.25) is 0 Å². The number of aromatic nitrogens is 1. The first-order valence-electron chi connectivity index (χ1n) is 11.8. The van der Waals surface area contributed by atoms with Crippen LogP contribution in [0.4, 0.5) is 5.69 Å². The molecule has 1 amide bonds. The minimum absolute atomic E-state index is 0.0677. The number of rotatable bonds is 7. The largest absolute Gasteiger partial charge is 0.497 e. The zero-order valence-electron chi connectivity index (χ0n) is 20.6. The summed E-state index contributed by atoms with van der Waals surface area (Å²) < 4.78 is 44.8. The molecule has 10 nitrogen and oxygen atoms in total. The van der Waals surface area contributed by atoms with Gasteiger partial charge in [0.1, 0.15) is 24.5 Å². The number of methoxy groups -OCH3 is 1. The first-order valence-corrected chi connectivity index (χ1v) is 13.3. The molecule has 5 rings (SSSR count). The van der Waals surface area contributed by atoms with E-state index in [1.54, 1.807) is 37.3 Å². The summed E-state index contributed by atoms with van der Waals surface area (Å²) >= 11 is 0. The normalized spacial score (nSPS) is 13.5. The van der Waals surface area contributed by atoms with Crippen molar-refractivity contribution in [3.05, 3.63) is 88.2 Å². The lowest BCUT2D eigenvalue weighted by Gasteiger charge is -2.21. The van der Waals surface area contributed by atoms with E-state index < -0.39 is 27.4 Å². The molecule has 38 heavy (non-hydrogen) atoms. The highest BCUT2D eigenvalue weighted by atomic mass is 32.2. The Labute approximate surface area is 218 Å². The maximum absolute atomic E-state index is 13.3. The third kappa shape index (κ3) is 5.00. The fourth-order valence-electron chi connectivity index (χ4n) is 4.12. The molecular formula is C27H25N3O7S. The second-order valence-electron chi connectivity index (χ2n) is 8.67. The van der Waals surface area contributed by atoms with E-state index in [1.165, 1.54) is 37.6 Å². The number of sulfonamides is 1. The number of H-pyrrole nitrogens is 1. The van der Waals surface area contributed by atoms with Crippen molar-refractivity contribution in [1.82, 2.24) is 10.3 Å². The molecule has 3 N–H and O–H groups in total. The van der Waals surface area contributed by atoms with Crippen molar-refractivity contribution in [2.24, 2.45) is 0 Å². The number of amides is 1. The van der Waals surface area contributed by atoms with Crippen molar-refractivity contribution in [1.29, 1.82) is 0 Å². The monoisotopic (exact) mass is 535 g/mol. The van der Waals surface area contributed by atoms with E-state index in [0.717, 1.165) is 5.56 Å². The molecule has 0 bridgehead atoms. The Morgan fingerprint density at radius 2 is 1.82 bits per heavy atom. The Bertz CT molecular complexity index is 1700. The molecule has 0 fully saturated rings. The zero-order valence-corrected chi connectivity index (χ0v) is 21.4. The molecule has 0 saturated carbocycles. The first kappa shape index (κ1) is 25.2. The van der Waals surface area contributed by atoms with Gasteiger partial charge in [0.2, 0.25) is 5.43 Å². The molecule has 3 aromatic carbocycles. The Kier molecular flexibility index (Phi) is 6.68. The highest BCUT2D eigenvalue weighted by Crippen LogP contribution is 2.32. The number of carbonyl (C=O) groups excluding carboxylic acids is 1. The minimum atomic E-state index is -4.02. The molecule has 196 valence electrons. The maximum atomic E-state index is 13.3. The number of hydrogen-bond donors (Lipinski definition) is 3. The summed E-state index contributed by atoms with van der Waals surface area (Å²) in [6, 6.07) is 15.5. The minimum Gasteiger partial charge on any atom is -0.497 e. The van der Waals surface area contributed by atoms with Crippen LogP contribution in [0.15, 0.2) is 76.6 Å². The summed E-state index contributed by atoms with van der Waals surface area (Å²) in [5.74, 6) is 1.12. The van der Waals surface area contributed by atoms with Gasteiger partial charge < -0.3 is 24.5 Å². The first-order chi connectivity index (χ1) is 18.2. The number of pyridine rings is 1. The van der Waals surface area contributed by atoms with Crippen molar-refractivity contribution < 1.29 is 27.4 Å². The molecule has 0 unspecified atom stereocenters. The van der Waals surface area contributed by atoms with E-state index in [1.807, 2.05) is 6.07 Å². The highest BCUT2D eigenvalue weighted by molar-refractivity contribution is 7.92. The summed E-state index contributed by atoms with van der Waals surface area (Å²) in [7, 11) is -2.54. The molecular weight excluding hydrogens is 510 g/mol. The SMILES string of the molecule is COc1cccc(NS(=O)(=O)c2ccc3[nH]cc(C(=O)N[C@@H](C)c4ccc5c(c4)OCCO5)c(=O)c3c2)c1. The highest BCUT2D eigenvalue weighted by Gasteiger charge is 2.21. The number of aromatic amines is 1. The van der Waals surface area contributed by atoms with Crippen LogP contribution in [0.5, 0.6) is 17.2 Å². The summed E-state index contributed by atoms with van der Waals surface area (Å²) in [4.78, 5) is 29.1. The standard InChI is InChI=1S/C27H25N3O7S/c1-16(17-6-9-24-25(12-17)37-11-10-36-24)29-27(32)22-15-28-23-8-7-20(14-21(23)26(22)31)38(33,34)30-18-4-3-5-19(13-18)35-2/h3-9,12-16,30H,10-11H2,1-2H3,(H,28,31)(H,29,32)/t16-/m0/s1. The fourth-order valence-corrected chi connectivity index (χ4v) is 5.20. The Morgan fingerprint density at radius 1 is 1.03 bits per heavy atom. The summed E-state index contributed by atoms with van der Waals surface area (Å²) in [5.41, 5.74) is 0.740. The fraction of sp³-hybridized carbons (Fsp3) is 0.185. The Hall–Kier alpha value is -4.51. The molecule has 0 radical (unpaired) electrons. The van der Waals surface area contributed by atoms with Crippen LogP contribution in [-0.4, -0.2) is 39.6 Å². The molecule has 11 heteroatoms.